The molecule has 1 heterocycles. The topological polar surface area (TPSA) is 134 Å². The minimum atomic E-state index is -0.994. The number of primary amides is 1. The fourth-order valence-electron chi connectivity index (χ4n) is 1.64. The molecule has 2 atom stereocenters. The highest BCUT2D eigenvalue weighted by Gasteiger charge is 2.25. The molecule has 1 aromatic rings. The van der Waals surface area contributed by atoms with Gasteiger partial charge >= 0.3 is 12.0 Å². The number of carboxylic acids is 1. The number of carbonyl (C=O) groups is 3. The first-order valence-corrected chi connectivity index (χ1v) is 7.24. The van der Waals surface area contributed by atoms with Crippen LogP contribution in [0.4, 0.5) is 9.93 Å². The number of amides is 3. The Labute approximate surface area is 125 Å². The molecule has 8 nitrogen and oxygen atoms in total. The van der Waals surface area contributed by atoms with Gasteiger partial charge in [0.1, 0.15) is 6.04 Å². The number of hydrogen-bond donors (Lipinski definition) is 4. The lowest BCUT2D eigenvalue weighted by Crippen LogP contribution is -2.49. The van der Waals surface area contributed by atoms with Gasteiger partial charge in [0.05, 0.1) is 12.1 Å². The Balaban J connectivity index is 2.74. The van der Waals surface area contributed by atoms with E-state index < -0.39 is 23.9 Å². The Hall–Kier alpha value is -2.16. The second-order valence-electron chi connectivity index (χ2n) is 4.58. The zero-order chi connectivity index (χ0) is 16.0. The van der Waals surface area contributed by atoms with Crippen LogP contribution in [0, 0.1) is 5.92 Å². The van der Waals surface area contributed by atoms with Crippen LogP contribution < -0.4 is 16.4 Å². The normalized spacial score (nSPS) is 13.2. The van der Waals surface area contributed by atoms with E-state index in [1.165, 1.54) is 0 Å². The van der Waals surface area contributed by atoms with E-state index in [4.69, 9.17) is 10.8 Å². The molecule has 1 aromatic heterocycles. The summed E-state index contributed by atoms with van der Waals surface area (Å²) in [4.78, 5) is 37.7. The van der Waals surface area contributed by atoms with E-state index in [9.17, 15) is 14.4 Å². The third-order valence-corrected chi connectivity index (χ3v) is 3.71. The van der Waals surface area contributed by atoms with Gasteiger partial charge in [0.2, 0.25) is 5.91 Å². The minimum absolute atomic E-state index is 0.101. The van der Waals surface area contributed by atoms with Crippen LogP contribution in [0.5, 0.6) is 0 Å². The van der Waals surface area contributed by atoms with Crippen molar-refractivity contribution in [1.82, 2.24) is 10.3 Å². The van der Waals surface area contributed by atoms with Crippen LogP contribution in [0.2, 0.25) is 0 Å². The second kappa shape index (κ2) is 7.58. The summed E-state index contributed by atoms with van der Waals surface area (Å²) in [6.45, 7) is 3.71. The lowest BCUT2D eigenvalue weighted by molar-refractivity contribution is -0.136. The van der Waals surface area contributed by atoms with Crippen molar-refractivity contribution in [3.05, 3.63) is 11.1 Å². The van der Waals surface area contributed by atoms with Crippen LogP contribution in [0.25, 0.3) is 0 Å². The van der Waals surface area contributed by atoms with E-state index in [2.05, 4.69) is 15.6 Å². The van der Waals surface area contributed by atoms with Gasteiger partial charge in [0.15, 0.2) is 5.13 Å². The number of rotatable bonds is 7. The van der Waals surface area contributed by atoms with Gasteiger partial charge in [-0.3, -0.25) is 9.59 Å². The number of nitrogens with two attached hydrogens (primary N) is 1. The Kier molecular flexibility index (Phi) is 6.10. The highest BCUT2D eigenvalue weighted by molar-refractivity contribution is 7.13. The minimum Gasteiger partial charge on any atom is -0.481 e. The molecule has 0 bridgehead atoms. The first-order valence-electron chi connectivity index (χ1n) is 6.36. The van der Waals surface area contributed by atoms with Crippen LogP contribution in [0.1, 0.15) is 26.0 Å². The van der Waals surface area contributed by atoms with Crippen molar-refractivity contribution < 1.29 is 19.5 Å². The van der Waals surface area contributed by atoms with Gasteiger partial charge in [0.25, 0.3) is 0 Å². The maximum Gasteiger partial charge on any atom is 0.312 e. The summed E-state index contributed by atoms with van der Waals surface area (Å²) in [7, 11) is 0. The van der Waals surface area contributed by atoms with Gasteiger partial charge in [0, 0.05) is 5.38 Å². The second-order valence-corrected chi connectivity index (χ2v) is 5.43. The zero-order valence-electron chi connectivity index (χ0n) is 11.8. The SMILES string of the molecule is CCC(C)C(NC(N)=O)C(=O)Nc1nc(CC(=O)O)cs1. The average Bonchev–Trinajstić information content (AvgIpc) is 2.81. The van der Waals surface area contributed by atoms with Gasteiger partial charge in [-0.2, -0.15) is 0 Å². The Morgan fingerprint density at radius 3 is 2.67 bits per heavy atom. The number of anilines is 1. The zero-order valence-corrected chi connectivity index (χ0v) is 12.6. The van der Waals surface area contributed by atoms with Crippen molar-refractivity contribution in [2.45, 2.75) is 32.7 Å². The van der Waals surface area contributed by atoms with E-state index in [0.29, 0.717) is 12.1 Å². The van der Waals surface area contributed by atoms with Gasteiger partial charge in [-0.1, -0.05) is 20.3 Å². The number of urea groups is 1. The molecule has 0 saturated heterocycles. The highest BCUT2D eigenvalue weighted by atomic mass is 32.1. The molecule has 0 fully saturated rings. The standard InChI is InChI=1S/C12H18N4O4S/c1-3-6(2)9(15-11(13)20)10(19)16-12-14-7(5-21-12)4-8(17)18/h5-6,9H,3-4H2,1-2H3,(H,17,18)(H3,13,15,20)(H,14,16,19). The van der Waals surface area contributed by atoms with Crippen LogP contribution in [-0.2, 0) is 16.0 Å². The largest absolute Gasteiger partial charge is 0.481 e. The number of thiazole rings is 1. The lowest BCUT2D eigenvalue weighted by Gasteiger charge is -2.21. The van der Waals surface area contributed by atoms with E-state index >= 15 is 0 Å². The third-order valence-electron chi connectivity index (χ3n) is 2.91. The quantitative estimate of drug-likeness (QED) is 0.590. The molecule has 0 saturated carbocycles. The summed E-state index contributed by atoms with van der Waals surface area (Å²) in [6, 6.07) is -1.54. The smallest absolute Gasteiger partial charge is 0.312 e. The predicted octanol–water partition coefficient (Wildman–Crippen LogP) is 0.792. The van der Waals surface area contributed by atoms with E-state index in [1.807, 2.05) is 13.8 Å². The van der Waals surface area contributed by atoms with E-state index in [1.54, 1.807) is 5.38 Å². The molecule has 3 amide bonds. The molecule has 116 valence electrons. The number of nitrogens with one attached hydrogen (secondary N) is 2. The molecule has 0 aliphatic rings. The summed E-state index contributed by atoms with van der Waals surface area (Å²) >= 11 is 1.13. The van der Waals surface area contributed by atoms with Crippen molar-refractivity contribution in [1.29, 1.82) is 0 Å². The van der Waals surface area contributed by atoms with Gasteiger partial charge < -0.3 is 21.5 Å². The first-order chi connectivity index (χ1) is 9.83. The van der Waals surface area contributed by atoms with Crippen LogP contribution in [0.3, 0.4) is 0 Å². The molecule has 9 heteroatoms. The molecule has 2 unspecified atom stereocenters. The molecular formula is C12H18N4O4S. The molecule has 0 spiro atoms. The summed E-state index contributed by atoms with van der Waals surface area (Å²) in [5, 5.41) is 15.5. The predicted molar refractivity (Wildman–Crippen MR) is 78.0 cm³/mol. The number of nitrogens with zero attached hydrogens (tertiary/aromatic N) is 1. The summed E-state index contributed by atoms with van der Waals surface area (Å²) in [5.74, 6) is -1.53. The fraction of sp³-hybridized carbons (Fsp3) is 0.500. The average molecular weight is 314 g/mol. The van der Waals surface area contributed by atoms with Gasteiger partial charge in [-0.25, -0.2) is 9.78 Å². The number of carbonyl (C=O) groups excluding carboxylic acids is 2. The highest BCUT2D eigenvalue weighted by Crippen LogP contribution is 2.17. The maximum absolute atomic E-state index is 12.1. The maximum atomic E-state index is 12.1. The first kappa shape index (κ1) is 16.9. The van der Waals surface area contributed by atoms with Crippen molar-refractivity contribution in [3.63, 3.8) is 0 Å². The van der Waals surface area contributed by atoms with Crippen molar-refractivity contribution in [2.24, 2.45) is 11.7 Å². The number of aromatic nitrogens is 1. The van der Waals surface area contributed by atoms with Crippen molar-refractivity contribution >= 4 is 34.4 Å². The Morgan fingerprint density at radius 2 is 2.14 bits per heavy atom. The number of hydrogen-bond acceptors (Lipinski definition) is 5. The molecule has 0 aromatic carbocycles. The molecule has 21 heavy (non-hydrogen) atoms. The molecule has 5 N–H and O–H groups in total. The summed E-state index contributed by atoms with van der Waals surface area (Å²) < 4.78 is 0. The fourth-order valence-corrected chi connectivity index (χ4v) is 2.35. The molecule has 0 aliphatic heterocycles. The monoisotopic (exact) mass is 314 g/mol. The summed E-state index contributed by atoms with van der Waals surface area (Å²) in [6.07, 6.45) is 0.473. The lowest BCUT2D eigenvalue weighted by atomic mass is 9.98. The van der Waals surface area contributed by atoms with E-state index in [-0.39, 0.29) is 17.5 Å². The summed E-state index contributed by atoms with van der Waals surface area (Å²) in [5.41, 5.74) is 5.43. The van der Waals surface area contributed by atoms with Gasteiger partial charge in [-0.15, -0.1) is 11.3 Å². The molecular weight excluding hydrogens is 296 g/mol. The number of carboxylic acid groups (broad SMARTS) is 1. The Morgan fingerprint density at radius 1 is 1.48 bits per heavy atom. The van der Waals surface area contributed by atoms with Gasteiger partial charge in [-0.05, 0) is 5.92 Å². The van der Waals surface area contributed by atoms with Crippen LogP contribution in [-0.4, -0.2) is 34.0 Å². The molecule has 1 rings (SSSR count). The van der Waals surface area contributed by atoms with Crippen LogP contribution >= 0.6 is 11.3 Å². The molecule has 0 radical (unpaired) electrons. The van der Waals surface area contributed by atoms with E-state index in [0.717, 1.165) is 11.3 Å². The van der Waals surface area contributed by atoms with Crippen LogP contribution in [0.15, 0.2) is 5.38 Å². The molecule has 0 aliphatic carbocycles. The third kappa shape index (κ3) is 5.38. The number of aliphatic carboxylic acids is 1. The van der Waals surface area contributed by atoms with Crippen molar-refractivity contribution in [2.75, 3.05) is 5.32 Å². The van der Waals surface area contributed by atoms with Crippen molar-refractivity contribution in [3.8, 4) is 0 Å². The Bertz CT molecular complexity index is 531.